The summed E-state index contributed by atoms with van der Waals surface area (Å²) in [7, 11) is -1.21. The highest BCUT2D eigenvalue weighted by atomic mass is 32.2. The number of amides is 1. The van der Waals surface area contributed by atoms with E-state index in [1.807, 2.05) is 0 Å². The Morgan fingerprint density at radius 1 is 1.26 bits per heavy atom. The smallest absolute Gasteiger partial charge is 0.258 e. The zero-order valence-electron chi connectivity index (χ0n) is 12.3. The number of hydrogen-bond donors (Lipinski definition) is 2. The Morgan fingerprint density at radius 3 is 2.48 bits per heavy atom. The van der Waals surface area contributed by atoms with Crippen molar-refractivity contribution in [3.05, 3.63) is 65.2 Å². The molecule has 23 heavy (non-hydrogen) atoms. The highest BCUT2D eigenvalue weighted by Gasteiger charge is 2.22. The van der Waals surface area contributed by atoms with Gasteiger partial charge in [0.15, 0.2) is 0 Å². The highest BCUT2D eigenvalue weighted by molar-refractivity contribution is 7.84. The summed E-state index contributed by atoms with van der Waals surface area (Å²) in [4.78, 5) is 12.2. The van der Waals surface area contributed by atoms with Crippen molar-refractivity contribution in [1.29, 1.82) is 0 Å². The van der Waals surface area contributed by atoms with E-state index in [0.717, 1.165) is 0 Å². The second kappa shape index (κ2) is 7.32. The molecule has 2 rings (SSSR count). The Labute approximate surface area is 134 Å². The summed E-state index contributed by atoms with van der Waals surface area (Å²) < 4.78 is 38.3. The molecule has 0 saturated heterocycles. The van der Waals surface area contributed by atoms with Crippen LogP contribution in [0.1, 0.15) is 22.0 Å². The van der Waals surface area contributed by atoms with Gasteiger partial charge in [0, 0.05) is 34.9 Å². The van der Waals surface area contributed by atoms with Crippen molar-refractivity contribution in [3.63, 3.8) is 0 Å². The van der Waals surface area contributed by atoms with Crippen molar-refractivity contribution in [2.45, 2.75) is 6.04 Å². The van der Waals surface area contributed by atoms with Gasteiger partial charge < -0.3 is 10.4 Å². The summed E-state index contributed by atoms with van der Waals surface area (Å²) in [5.41, 5.74) is 0.0484. The van der Waals surface area contributed by atoms with Gasteiger partial charge in [-0.1, -0.05) is 30.3 Å². The number of carbonyl (C=O) groups excluding carboxylic acids is 1. The van der Waals surface area contributed by atoms with Crippen LogP contribution in [0.4, 0.5) is 8.78 Å². The molecule has 0 heterocycles. The monoisotopic (exact) mass is 339 g/mol. The summed E-state index contributed by atoms with van der Waals surface area (Å²) in [5, 5.41) is 12.1. The first kappa shape index (κ1) is 17.1. The Morgan fingerprint density at radius 2 is 1.91 bits per heavy atom. The summed E-state index contributed by atoms with van der Waals surface area (Å²) in [6, 6.07) is 9.32. The lowest BCUT2D eigenvalue weighted by Gasteiger charge is -2.18. The van der Waals surface area contributed by atoms with Crippen LogP contribution in [0.3, 0.4) is 0 Å². The van der Waals surface area contributed by atoms with E-state index in [4.69, 9.17) is 0 Å². The molecule has 1 amide bonds. The van der Waals surface area contributed by atoms with Gasteiger partial charge >= 0.3 is 0 Å². The van der Waals surface area contributed by atoms with Crippen LogP contribution in [-0.4, -0.2) is 27.2 Å². The molecular weight excluding hydrogens is 324 g/mol. The quantitative estimate of drug-likeness (QED) is 0.880. The highest BCUT2D eigenvalue weighted by Crippen LogP contribution is 2.23. The lowest BCUT2D eigenvalue weighted by molar-refractivity contribution is 0.0933. The first-order valence-corrected chi connectivity index (χ1v) is 8.45. The molecule has 0 unspecified atom stereocenters. The largest absolute Gasteiger partial charge is 0.507 e. The van der Waals surface area contributed by atoms with Crippen LogP contribution in [0.25, 0.3) is 0 Å². The number of aromatic hydroxyl groups is 1. The van der Waals surface area contributed by atoms with E-state index in [1.165, 1.54) is 6.26 Å². The molecule has 2 aromatic rings. The van der Waals surface area contributed by atoms with Crippen LogP contribution in [-0.2, 0) is 10.8 Å². The first-order chi connectivity index (χ1) is 10.9. The van der Waals surface area contributed by atoms with Crippen molar-refractivity contribution in [3.8, 4) is 5.75 Å². The molecule has 7 heteroatoms. The molecule has 0 fully saturated rings. The molecule has 0 aliphatic carbocycles. The molecule has 0 saturated carbocycles. The molecule has 2 atom stereocenters. The molecule has 0 spiro atoms. The van der Waals surface area contributed by atoms with Gasteiger partial charge in [-0.25, -0.2) is 8.78 Å². The third-order valence-corrected chi connectivity index (χ3v) is 3.97. The SMILES string of the molecule is C[S@](=O)C[C@@H](NC(=O)c1c(O)cc(F)cc1F)c1ccccc1. The number of nitrogens with one attached hydrogen (secondary N) is 1. The topological polar surface area (TPSA) is 66.4 Å². The van der Waals surface area contributed by atoms with Gasteiger partial charge in [0.25, 0.3) is 5.91 Å². The standard InChI is InChI=1S/C16H15F2NO3S/c1-23(22)9-13(10-5-3-2-4-6-10)19-16(21)15-12(18)7-11(17)8-14(15)20/h2-8,13,20H,9H2,1H3,(H,19,21)/t13-,23+/m1/s1. The fourth-order valence-electron chi connectivity index (χ4n) is 2.16. The molecule has 2 N–H and O–H groups in total. The van der Waals surface area contributed by atoms with Crippen LogP contribution >= 0.6 is 0 Å². The zero-order chi connectivity index (χ0) is 17.0. The number of benzene rings is 2. The maximum absolute atomic E-state index is 13.8. The van der Waals surface area contributed by atoms with E-state index in [0.29, 0.717) is 17.7 Å². The number of hydrogen-bond acceptors (Lipinski definition) is 3. The maximum atomic E-state index is 13.8. The maximum Gasteiger partial charge on any atom is 0.258 e. The molecule has 0 radical (unpaired) electrons. The van der Waals surface area contributed by atoms with Crippen molar-refractivity contribution in [2.75, 3.05) is 12.0 Å². The average Bonchev–Trinajstić information content (AvgIpc) is 2.46. The van der Waals surface area contributed by atoms with E-state index in [-0.39, 0.29) is 5.75 Å². The molecule has 122 valence electrons. The second-order valence-electron chi connectivity index (χ2n) is 4.96. The van der Waals surface area contributed by atoms with Crippen LogP contribution in [0.2, 0.25) is 0 Å². The zero-order valence-corrected chi connectivity index (χ0v) is 13.1. The summed E-state index contributed by atoms with van der Waals surface area (Å²) >= 11 is 0. The third kappa shape index (κ3) is 4.35. The molecule has 0 bridgehead atoms. The van der Waals surface area contributed by atoms with Gasteiger partial charge in [0.2, 0.25) is 0 Å². The second-order valence-corrected chi connectivity index (χ2v) is 6.44. The Kier molecular flexibility index (Phi) is 5.44. The van der Waals surface area contributed by atoms with Crippen molar-refractivity contribution in [2.24, 2.45) is 0 Å². The Bertz CT molecular complexity index is 714. The molecule has 2 aromatic carbocycles. The van der Waals surface area contributed by atoms with E-state index in [1.54, 1.807) is 30.3 Å². The van der Waals surface area contributed by atoms with Gasteiger partial charge in [-0.3, -0.25) is 9.00 Å². The Balaban J connectivity index is 2.30. The minimum Gasteiger partial charge on any atom is -0.507 e. The number of phenolic OH excluding ortho intramolecular Hbond substituents is 1. The third-order valence-electron chi connectivity index (χ3n) is 3.17. The lowest BCUT2D eigenvalue weighted by atomic mass is 10.1. The fraction of sp³-hybridized carbons (Fsp3) is 0.188. The van der Waals surface area contributed by atoms with Gasteiger partial charge in [-0.2, -0.15) is 0 Å². The van der Waals surface area contributed by atoms with Gasteiger partial charge in [-0.15, -0.1) is 0 Å². The minimum atomic E-state index is -1.21. The van der Waals surface area contributed by atoms with Crippen LogP contribution in [0.15, 0.2) is 42.5 Å². The van der Waals surface area contributed by atoms with E-state index < -0.39 is 45.7 Å². The first-order valence-electron chi connectivity index (χ1n) is 6.72. The number of carbonyl (C=O) groups is 1. The molecule has 0 aliphatic rings. The van der Waals surface area contributed by atoms with Crippen LogP contribution in [0, 0.1) is 11.6 Å². The summed E-state index contributed by atoms with van der Waals surface area (Å²) in [5.74, 6) is -3.71. The predicted molar refractivity (Wildman–Crippen MR) is 83.6 cm³/mol. The van der Waals surface area contributed by atoms with Gasteiger partial charge in [-0.05, 0) is 5.56 Å². The number of halogens is 2. The van der Waals surface area contributed by atoms with Crippen LogP contribution in [0.5, 0.6) is 5.75 Å². The summed E-state index contributed by atoms with van der Waals surface area (Å²) in [6.07, 6.45) is 1.48. The fourth-order valence-corrected chi connectivity index (χ4v) is 2.90. The van der Waals surface area contributed by atoms with Gasteiger partial charge in [0.05, 0.1) is 6.04 Å². The van der Waals surface area contributed by atoms with Crippen molar-refractivity contribution in [1.82, 2.24) is 5.32 Å². The van der Waals surface area contributed by atoms with Crippen molar-refractivity contribution < 1.29 is 22.9 Å². The number of phenols is 1. The molecule has 0 aromatic heterocycles. The minimum absolute atomic E-state index is 0.124. The van der Waals surface area contributed by atoms with Crippen molar-refractivity contribution >= 4 is 16.7 Å². The molecule has 4 nitrogen and oxygen atoms in total. The normalized spacial score (nSPS) is 13.3. The average molecular weight is 339 g/mol. The van der Waals surface area contributed by atoms with E-state index in [9.17, 15) is 22.9 Å². The van der Waals surface area contributed by atoms with Gasteiger partial charge in [0.1, 0.15) is 22.9 Å². The lowest BCUT2D eigenvalue weighted by Crippen LogP contribution is -2.32. The van der Waals surface area contributed by atoms with Crippen LogP contribution < -0.4 is 5.32 Å². The molecule has 0 aliphatic heterocycles. The van der Waals surface area contributed by atoms with E-state index in [2.05, 4.69) is 5.32 Å². The summed E-state index contributed by atoms with van der Waals surface area (Å²) in [6.45, 7) is 0. The molecular formula is C16H15F2NO3S. The Hall–Kier alpha value is -2.28. The number of rotatable bonds is 5. The predicted octanol–water partition coefficient (Wildman–Crippen LogP) is 2.52. The van der Waals surface area contributed by atoms with E-state index >= 15 is 0 Å².